The molecule has 4 N–H and O–H groups in total. The van der Waals surface area contributed by atoms with Gasteiger partial charge in [0.1, 0.15) is 0 Å². The van der Waals surface area contributed by atoms with E-state index in [9.17, 15) is 9.59 Å². The number of carbonyl (C=O) groups excluding carboxylic acids is 2. The molecule has 0 radical (unpaired) electrons. The lowest BCUT2D eigenvalue weighted by atomic mass is 10.1. The summed E-state index contributed by atoms with van der Waals surface area (Å²) in [7, 11) is 0. The quantitative estimate of drug-likeness (QED) is 0.154. The van der Waals surface area contributed by atoms with Crippen LogP contribution in [0, 0.1) is 13.8 Å². The van der Waals surface area contributed by atoms with E-state index in [1.165, 1.54) is 11.1 Å². The summed E-state index contributed by atoms with van der Waals surface area (Å²) in [5.41, 5.74) is 10.8. The number of hydrazine groups is 1. The lowest BCUT2D eigenvalue weighted by Gasteiger charge is -2.13. The van der Waals surface area contributed by atoms with Gasteiger partial charge in [-0.2, -0.15) is 0 Å². The van der Waals surface area contributed by atoms with Crippen LogP contribution in [0.1, 0.15) is 59.2 Å². The summed E-state index contributed by atoms with van der Waals surface area (Å²) in [4.78, 5) is 24.9. The molecule has 3 aromatic rings. The molecule has 0 atom stereocenters. The van der Waals surface area contributed by atoms with Gasteiger partial charge in [0.05, 0.1) is 0 Å². The fourth-order valence-corrected chi connectivity index (χ4v) is 3.91. The monoisotopic (exact) mass is 502 g/mol. The van der Waals surface area contributed by atoms with E-state index in [2.05, 4.69) is 45.8 Å². The van der Waals surface area contributed by atoms with Gasteiger partial charge in [0, 0.05) is 23.4 Å². The van der Waals surface area contributed by atoms with E-state index in [1.807, 2.05) is 38.1 Å². The first kappa shape index (κ1) is 26.9. The van der Waals surface area contributed by atoms with Crippen molar-refractivity contribution in [2.45, 2.75) is 52.4 Å². The summed E-state index contributed by atoms with van der Waals surface area (Å²) in [5, 5.41) is 6.20. The molecule has 0 bridgehead atoms. The van der Waals surface area contributed by atoms with Gasteiger partial charge in [0.25, 0.3) is 5.91 Å². The molecule has 188 valence electrons. The molecular formula is C29H34N4O2S. The Hall–Kier alpha value is -3.71. The fourth-order valence-electron chi connectivity index (χ4n) is 3.74. The van der Waals surface area contributed by atoms with Gasteiger partial charge in [-0.3, -0.25) is 20.4 Å². The number of unbranched alkanes of at least 4 members (excludes halogenated alkanes) is 3. The van der Waals surface area contributed by atoms with Crippen LogP contribution in [0.25, 0.3) is 0 Å². The zero-order valence-electron chi connectivity index (χ0n) is 20.9. The Morgan fingerprint density at radius 3 is 2.25 bits per heavy atom. The maximum absolute atomic E-state index is 12.5. The smallest absolute Gasteiger partial charge is 0.269 e. The first-order valence-electron chi connectivity index (χ1n) is 12.3. The van der Waals surface area contributed by atoms with Gasteiger partial charge in [-0.25, -0.2) is 0 Å². The minimum absolute atomic E-state index is 0.0486. The van der Waals surface area contributed by atoms with Crippen LogP contribution in [0.15, 0.2) is 72.8 Å². The molecule has 36 heavy (non-hydrogen) atoms. The molecule has 6 nitrogen and oxygen atoms in total. The van der Waals surface area contributed by atoms with Gasteiger partial charge >= 0.3 is 0 Å². The summed E-state index contributed by atoms with van der Waals surface area (Å²) in [6.45, 7) is 4.07. The molecule has 0 spiro atoms. The minimum Gasteiger partial charge on any atom is -0.331 e. The molecule has 0 fully saturated rings. The van der Waals surface area contributed by atoms with Gasteiger partial charge < -0.3 is 10.6 Å². The topological polar surface area (TPSA) is 82.3 Å². The summed E-state index contributed by atoms with van der Waals surface area (Å²) in [6.07, 6.45) is 5.62. The van der Waals surface area contributed by atoms with Crippen LogP contribution in [0.4, 0.5) is 11.4 Å². The molecule has 0 aliphatic rings. The summed E-state index contributed by atoms with van der Waals surface area (Å²) >= 11 is 5.26. The normalized spacial score (nSPS) is 10.4. The van der Waals surface area contributed by atoms with Crippen molar-refractivity contribution >= 4 is 40.5 Å². The van der Waals surface area contributed by atoms with Crippen LogP contribution in [-0.2, 0) is 11.2 Å². The van der Waals surface area contributed by atoms with E-state index in [4.69, 9.17) is 12.2 Å². The van der Waals surface area contributed by atoms with Gasteiger partial charge in [0.2, 0.25) is 5.91 Å². The van der Waals surface area contributed by atoms with Crippen molar-refractivity contribution in [3.63, 3.8) is 0 Å². The number of carbonyl (C=O) groups is 2. The maximum Gasteiger partial charge on any atom is 0.269 e. The zero-order chi connectivity index (χ0) is 25.8. The predicted octanol–water partition coefficient (Wildman–Crippen LogP) is 6.07. The third kappa shape index (κ3) is 9.15. The molecule has 0 aliphatic heterocycles. The van der Waals surface area contributed by atoms with Gasteiger partial charge in [-0.1, -0.05) is 55.3 Å². The van der Waals surface area contributed by atoms with Crippen LogP contribution in [0.5, 0.6) is 0 Å². The Morgan fingerprint density at radius 2 is 1.47 bits per heavy atom. The van der Waals surface area contributed by atoms with Crippen molar-refractivity contribution in [3.05, 3.63) is 95.1 Å². The first-order valence-corrected chi connectivity index (χ1v) is 12.7. The van der Waals surface area contributed by atoms with Crippen molar-refractivity contribution in [2.24, 2.45) is 0 Å². The lowest BCUT2D eigenvalue weighted by Crippen LogP contribution is -2.43. The zero-order valence-corrected chi connectivity index (χ0v) is 21.7. The van der Waals surface area contributed by atoms with Gasteiger partial charge in [0.15, 0.2) is 5.11 Å². The number of nitrogens with one attached hydrogen (secondary N) is 4. The predicted molar refractivity (Wildman–Crippen MR) is 151 cm³/mol. The van der Waals surface area contributed by atoms with Crippen molar-refractivity contribution in [1.82, 2.24) is 10.9 Å². The molecule has 3 aromatic carbocycles. The van der Waals surface area contributed by atoms with E-state index in [-0.39, 0.29) is 16.9 Å². The number of rotatable bonds is 10. The molecule has 0 saturated carbocycles. The highest BCUT2D eigenvalue weighted by atomic mass is 32.1. The third-order valence-electron chi connectivity index (χ3n) is 5.92. The summed E-state index contributed by atoms with van der Waals surface area (Å²) in [5.74, 6) is -0.402. The number of hydrogen-bond acceptors (Lipinski definition) is 3. The Kier molecular flexibility index (Phi) is 10.5. The Bertz CT molecular complexity index is 1180. The number of benzene rings is 3. The van der Waals surface area contributed by atoms with Crippen molar-refractivity contribution < 1.29 is 9.59 Å². The maximum atomic E-state index is 12.5. The molecule has 3 rings (SSSR count). The Labute approximate surface area is 218 Å². The number of aryl methyl sites for hydroxylation is 3. The number of amides is 2. The molecule has 7 heteroatoms. The van der Waals surface area contributed by atoms with E-state index in [0.717, 1.165) is 43.4 Å². The van der Waals surface area contributed by atoms with Crippen LogP contribution < -0.4 is 21.5 Å². The largest absolute Gasteiger partial charge is 0.331 e. The molecule has 0 saturated heterocycles. The highest BCUT2D eigenvalue weighted by Gasteiger charge is 2.09. The highest BCUT2D eigenvalue weighted by Crippen LogP contribution is 2.15. The standard InChI is InChI=1S/C29H34N4O2S/c1-21-17-18-26(19-22(21)2)31-29(36)33-32-28(35)24-14-10-15-25(20-24)30-27(34)16-9-4-3-6-11-23-12-7-5-8-13-23/h5,7-8,10,12-15,17-20H,3-4,6,9,11,16H2,1-2H3,(H,30,34)(H,32,35)(H2,31,33,36). The van der Waals surface area contributed by atoms with Gasteiger partial charge in [-0.05, 0) is 92.4 Å². The number of thiocarbonyl (C=S) groups is 1. The Balaban J connectivity index is 1.36. The third-order valence-corrected chi connectivity index (χ3v) is 6.13. The molecule has 0 heterocycles. The minimum atomic E-state index is -0.353. The number of anilines is 2. The molecule has 0 aromatic heterocycles. The van der Waals surface area contributed by atoms with E-state index in [0.29, 0.717) is 17.7 Å². The Morgan fingerprint density at radius 1 is 0.722 bits per heavy atom. The molecular weight excluding hydrogens is 468 g/mol. The van der Waals surface area contributed by atoms with Crippen LogP contribution >= 0.6 is 12.2 Å². The van der Waals surface area contributed by atoms with Gasteiger partial charge in [-0.15, -0.1) is 0 Å². The SMILES string of the molecule is Cc1ccc(NC(=S)NNC(=O)c2cccc(NC(=O)CCCCCCc3ccccc3)c2)cc1C. The summed E-state index contributed by atoms with van der Waals surface area (Å²) < 4.78 is 0. The molecule has 0 unspecified atom stereocenters. The second-order valence-electron chi connectivity index (χ2n) is 8.86. The van der Waals surface area contributed by atoms with Crippen molar-refractivity contribution in [3.8, 4) is 0 Å². The van der Waals surface area contributed by atoms with E-state index >= 15 is 0 Å². The van der Waals surface area contributed by atoms with E-state index in [1.54, 1.807) is 24.3 Å². The van der Waals surface area contributed by atoms with E-state index < -0.39 is 0 Å². The molecule has 2 amide bonds. The fraction of sp³-hybridized carbons (Fsp3) is 0.276. The van der Waals surface area contributed by atoms with Crippen LogP contribution in [0.3, 0.4) is 0 Å². The lowest BCUT2D eigenvalue weighted by molar-refractivity contribution is -0.116. The second kappa shape index (κ2) is 14.0. The first-order chi connectivity index (χ1) is 17.4. The van der Waals surface area contributed by atoms with Crippen LogP contribution in [0.2, 0.25) is 0 Å². The number of hydrogen-bond donors (Lipinski definition) is 4. The average molecular weight is 503 g/mol. The second-order valence-corrected chi connectivity index (χ2v) is 9.27. The van der Waals surface area contributed by atoms with Crippen LogP contribution in [-0.4, -0.2) is 16.9 Å². The molecule has 0 aliphatic carbocycles. The average Bonchev–Trinajstić information content (AvgIpc) is 2.87. The van der Waals surface area contributed by atoms with Crippen molar-refractivity contribution in [2.75, 3.05) is 10.6 Å². The van der Waals surface area contributed by atoms with Crippen molar-refractivity contribution in [1.29, 1.82) is 0 Å². The highest BCUT2D eigenvalue weighted by molar-refractivity contribution is 7.80. The summed E-state index contributed by atoms with van der Waals surface area (Å²) in [6, 6.07) is 23.2.